The van der Waals surface area contributed by atoms with Crippen molar-refractivity contribution < 1.29 is 9.59 Å². The van der Waals surface area contributed by atoms with Gasteiger partial charge in [-0.2, -0.15) is 0 Å². The third kappa shape index (κ3) is 3.12. The summed E-state index contributed by atoms with van der Waals surface area (Å²) in [6.07, 6.45) is 0. The molecule has 3 N–H and O–H groups in total. The lowest BCUT2D eigenvalue weighted by Gasteiger charge is -2.10. The van der Waals surface area contributed by atoms with Gasteiger partial charge < -0.3 is 11.1 Å². The van der Waals surface area contributed by atoms with E-state index in [-0.39, 0.29) is 5.91 Å². The highest BCUT2D eigenvalue weighted by molar-refractivity contribution is 9.10. The quantitative estimate of drug-likeness (QED) is 0.910. The number of hydrogen-bond acceptors (Lipinski definition) is 2. The zero-order chi connectivity index (χ0) is 14.0. The number of primary amides is 1. The SMILES string of the molecule is CC(NC(=O)c1ccc2cc(Br)ccc2c1)C(N)=O. The maximum atomic E-state index is 11.9. The van der Waals surface area contributed by atoms with Crippen LogP contribution in [0.25, 0.3) is 10.8 Å². The molecule has 19 heavy (non-hydrogen) atoms. The third-order valence-corrected chi connectivity index (χ3v) is 3.33. The van der Waals surface area contributed by atoms with E-state index in [1.807, 2.05) is 24.3 Å². The molecule has 0 fully saturated rings. The van der Waals surface area contributed by atoms with Gasteiger partial charge in [0.1, 0.15) is 6.04 Å². The first-order valence-electron chi connectivity index (χ1n) is 5.77. The van der Waals surface area contributed by atoms with Gasteiger partial charge in [-0.05, 0) is 42.0 Å². The van der Waals surface area contributed by atoms with Gasteiger partial charge in [-0.3, -0.25) is 9.59 Å². The van der Waals surface area contributed by atoms with E-state index in [4.69, 9.17) is 5.73 Å². The minimum Gasteiger partial charge on any atom is -0.368 e. The minimum atomic E-state index is -0.687. The van der Waals surface area contributed by atoms with Crippen molar-refractivity contribution in [3.63, 3.8) is 0 Å². The molecule has 2 aromatic carbocycles. The Hall–Kier alpha value is -1.88. The Bertz CT molecular complexity index is 655. The topological polar surface area (TPSA) is 72.2 Å². The highest BCUT2D eigenvalue weighted by atomic mass is 79.9. The van der Waals surface area contributed by atoms with Crippen LogP contribution in [0.4, 0.5) is 0 Å². The monoisotopic (exact) mass is 320 g/mol. The van der Waals surface area contributed by atoms with Gasteiger partial charge in [-0.25, -0.2) is 0 Å². The Morgan fingerprint density at radius 1 is 1.16 bits per heavy atom. The van der Waals surface area contributed by atoms with Gasteiger partial charge in [0.05, 0.1) is 0 Å². The van der Waals surface area contributed by atoms with Crippen LogP contribution in [0.2, 0.25) is 0 Å². The predicted octanol–water partition coefficient (Wildman–Crippen LogP) is 2.21. The van der Waals surface area contributed by atoms with Gasteiger partial charge in [-0.15, -0.1) is 0 Å². The Kier molecular flexibility index (Phi) is 3.85. The van der Waals surface area contributed by atoms with Crippen LogP contribution in [-0.4, -0.2) is 17.9 Å². The Labute approximate surface area is 119 Å². The number of amides is 2. The average molecular weight is 321 g/mol. The van der Waals surface area contributed by atoms with Gasteiger partial charge in [0.25, 0.3) is 5.91 Å². The highest BCUT2D eigenvalue weighted by Gasteiger charge is 2.13. The minimum absolute atomic E-state index is 0.309. The Morgan fingerprint density at radius 2 is 1.79 bits per heavy atom. The molecule has 98 valence electrons. The molecule has 0 saturated carbocycles. The highest BCUT2D eigenvalue weighted by Crippen LogP contribution is 2.20. The molecule has 0 heterocycles. The number of benzene rings is 2. The molecule has 0 aromatic heterocycles. The van der Waals surface area contributed by atoms with Crippen LogP contribution in [-0.2, 0) is 4.79 Å². The number of nitrogens with one attached hydrogen (secondary N) is 1. The molecule has 0 aliphatic carbocycles. The van der Waals surface area contributed by atoms with E-state index in [0.717, 1.165) is 15.2 Å². The summed E-state index contributed by atoms with van der Waals surface area (Å²) in [6.45, 7) is 1.55. The molecule has 2 aromatic rings. The second-order valence-corrected chi connectivity index (χ2v) is 5.22. The van der Waals surface area contributed by atoms with Gasteiger partial charge in [0.2, 0.25) is 5.91 Å². The molecular weight excluding hydrogens is 308 g/mol. The third-order valence-electron chi connectivity index (χ3n) is 2.84. The van der Waals surface area contributed by atoms with E-state index in [1.165, 1.54) is 0 Å². The maximum absolute atomic E-state index is 11.9. The number of halogens is 1. The molecule has 0 saturated heterocycles. The van der Waals surface area contributed by atoms with Gasteiger partial charge >= 0.3 is 0 Å². The van der Waals surface area contributed by atoms with Gasteiger partial charge in [-0.1, -0.05) is 28.1 Å². The Balaban J connectivity index is 2.28. The lowest BCUT2D eigenvalue weighted by atomic mass is 10.1. The van der Waals surface area contributed by atoms with Crippen molar-refractivity contribution in [2.75, 3.05) is 0 Å². The number of nitrogens with two attached hydrogens (primary N) is 1. The Morgan fingerprint density at radius 3 is 2.47 bits per heavy atom. The first kappa shape index (κ1) is 13.5. The van der Waals surface area contributed by atoms with Crippen LogP contribution in [0.15, 0.2) is 40.9 Å². The molecule has 1 atom stereocenters. The standard InChI is InChI=1S/C14H13BrN2O2/c1-8(13(16)18)17-14(19)11-3-2-10-7-12(15)5-4-9(10)6-11/h2-8H,1H3,(H2,16,18)(H,17,19). The number of carbonyl (C=O) groups is 2. The molecule has 4 nitrogen and oxygen atoms in total. The first-order valence-corrected chi connectivity index (χ1v) is 6.56. The lowest BCUT2D eigenvalue weighted by Crippen LogP contribution is -2.42. The van der Waals surface area contributed by atoms with Crippen LogP contribution in [0.1, 0.15) is 17.3 Å². The fourth-order valence-electron chi connectivity index (χ4n) is 1.71. The summed E-state index contributed by atoms with van der Waals surface area (Å²) < 4.78 is 0.986. The second kappa shape index (κ2) is 5.40. The smallest absolute Gasteiger partial charge is 0.251 e. The van der Waals surface area contributed by atoms with Crippen LogP contribution in [0.3, 0.4) is 0 Å². The summed E-state index contributed by atoms with van der Waals surface area (Å²) in [7, 11) is 0. The number of fused-ring (bicyclic) bond motifs is 1. The van der Waals surface area contributed by atoms with E-state index < -0.39 is 11.9 Å². The van der Waals surface area contributed by atoms with Crippen molar-refractivity contribution >= 4 is 38.5 Å². The normalized spacial score (nSPS) is 12.1. The molecule has 0 radical (unpaired) electrons. The largest absolute Gasteiger partial charge is 0.368 e. The molecular formula is C14H13BrN2O2. The van der Waals surface area contributed by atoms with Crippen LogP contribution in [0, 0.1) is 0 Å². The molecule has 0 spiro atoms. The van der Waals surface area contributed by atoms with Crippen molar-refractivity contribution in [2.45, 2.75) is 13.0 Å². The summed E-state index contributed by atoms with van der Waals surface area (Å²) in [4.78, 5) is 22.9. The zero-order valence-corrected chi connectivity index (χ0v) is 11.9. The number of carbonyl (C=O) groups excluding carboxylic acids is 2. The van der Waals surface area contributed by atoms with Crippen LogP contribution >= 0.6 is 15.9 Å². The zero-order valence-electron chi connectivity index (χ0n) is 10.3. The number of rotatable bonds is 3. The van der Waals surface area contributed by atoms with Gasteiger partial charge in [0, 0.05) is 10.0 Å². The summed E-state index contributed by atoms with van der Waals surface area (Å²) >= 11 is 3.40. The van der Waals surface area contributed by atoms with Crippen molar-refractivity contribution in [3.8, 4) is 0 Å². The van der Waals surface area contributed by atoms with Crippen molar-refractivity contribution in [1.29, 1.82) is 0 Å². The van der Waals surface area contributed by atoms with Crippen molar-refractivity contribution in [2.24, 2.45) is 5.73 Å². The summed E-state index contributed by atoms with van der Waals surface area (Å²) in [5.74, 6) is -0.866. The van der Waals surface area contributed by atoms with Crippen LogP contribution < -0.4 is 11.1 Å². The predicted molar refractivity (Wildman–Crippen MR) is 77.8 cm³/mol. The first-order chi connectivity index (χ1) is 8.97. The maximum Gasteiger partial charge on any atom is 0.251 e. The van der Waals surface area contributed by atoms with E-state index in [0.29, 0.717) is 5.56 Å². The van der Waals surface area contributed by atoms with E-state index in [9.17, 15) is 9.59 Å². The van der Waals surface area contributed by atoms with E-state index in [2.05, 4.69) is 21.2 Å². The van der Waals surface area contributed by atoms with E-state index in [1.54, 1.807) is 19.1 Å². The van der Waals surface area contributed by atoms with Crippen molar-refractivity contribution in [1.82, 2.24) is 5.32 Å². The second-order valence-electron chi connectivity index (χ2n) is 4.30. The lowest BCUT2D eigenvalue weighted by molar-refractivity contribution is -0.119. The average Bonchev–Trinajstić information content (AvgIpc) is 2.37. The fourth-order valence-corrected chi connectivity index (χ4v) is 2.09. The fraction of sp³-hybridized carbons (Fsp3) is 0.143. The molecule has 0 aliphatic rings. The van der Waals surface area contributed by atoms with Crippen LogP contribution in [0.5, 0.6) is 0 Å². The summed E-state index contributed by atoms with van der Waals surface area (Å²) in [5, 5.41) is 4.55. The molecule has 2 amide bonds. The summed E-state index contributed by atoms with van der Waals surface area (Å²) in [6, 6.07) is 10.5. The number of hydrogen-bond donors (Lipinski definition) is 2. The molecule has 0 aliphatic heterocycles. The molecule has 2 rings (SSSR count). The molecule has 5 heteroatoms. The molecule has 0 bridgehead atoms. The molecule has 1 unspecified atom stereocenters. The van der Waals surface area contributed by atoms with Crippen molar-refractivity contribution in [3.05, 3.63) is 46.4 Å². The van der Waals surface area contributed by atoms with E-state index >= 15 is 0 Å². The summed E-state index contributed by atoms with van der Waals surface area (Å²) in [5.41, 5.74) is 5.61. The van der Waals surface area contributed by atoms with Gasteiger partial charge in [0.15, 0.2) is 0 Å².